The maximum absolute atomic E-state index is 11.1. The van der Waals surface area contributed by atoms with Gasteiger partial charge in [0.15, 0.2) is 0 Å². The van der Waals surface area contributed by atoms with Gasteiger partial charge in [0, 0.05) is 12.6 Å². The van der Waals surface area contributed by atoms with Crippen LogP contribution in [0.25, 0.3) is 0 Å². The molecule has 0 aromatic heterocycles. The van der Waals surface area contributed by atoms with E-state index in [1.165, 1.54) is 6.42 Å². The number of carbonyl (C=O) groups is 1. The van der Waals surface area contributed by atoms with E-state index >= 15 is 0 Å². The van der Waals surface area contributed by atoms with E-state index in [0.29, 0.717) is 11.6 Å². The fraction of sp³-hybridized carbons (Fsp3) is 0.462. The van der Waals surface area contributed by atoms with Crippen molar-refractivity contribution in [2.45, 2.75) is 32.2 Å². The van der Waals surface area contributed by atoms with Gasteiger partial charge in [-0.25, -0.2) is 4.79 Å². The summed E-state index contributed by atoms with van der Waals surface area (Å²) in [6, 6.07) is 7.71. The number of carboxylic acids is 1. The van der Waals surface area contributed by atoms with E-state index in [-0.39, 0.29) is 0 Å². The van der Waals surface area contributed by atoms with Crippen LogP contribution in [0.4, 0.5) is 5.69 Å². The zero-order valence-electron chi connectivity index (χ0n) is 9.52. The van der Waals surface area contributed by atoms with E-state index in [0.717, 1.165) is 25.1 Å². The lowest BCUT2D eigenvalue weighted by Gasteiger charge is -2.36. The highest BCUT2D eigenvalue weighted by Crippen LogP contribution is 2.27. The van der Waals surface area contributed by atoms with E-state index in [1.807, 2.05) is 12.1 Å². The minimum absolute atomic E-state index is 0.413. The number of benzene rings is 1. The van der Waals surface area contributed by atoms with Crippen molar-refractivity contribution < 1.29 is 9.90 Å². The summed E-state index contributed by atoms with van der Waals surface area (Å²) in [5.41, 5.74) is 1.28. The van der Waals surface area contributed by atoms with Crippen LogP contribution in [0.5, 0.6) is 0 Å². The first kappa shape index (κ1) is 11.0. The van der Waals surface area contributed by atoms with Crippen LogP contribution < -0.4 is 4.90 Å². The third-order valence-corrected chi connectivity index (χ3v) is 3.25. The van der Waals surface area contributed by atoms with E-state index < -0.39 is 5.97 Å². The Morgan fingerprint density at radius 1 is 1.38 bits per heavy atom. The number of hydrogen-bond acceptors (Lipinski definition) is 2. The van der Waals surface area contributed by atoms with E-state index in [4.69, 9.17) is 5.11 Å². The van der Waals surface area contributed by atoms with Gasteiger partial charge in [-0.2, -0.15) is 0 Å². The van der Waals surface area contributed by atoms with E-state index in [9.17, 15) is 4.79 Å². The Labute approximate surface area is 95.7 Å². The van der Waals surface area contributed by atoms with Crippen molar-refractivity contribution in [3.8, 4) is 0 Å². The minimum Gasteiger partial charge on any atom is -0.478 e. The van der Waals surface area contributed by atoms with Crippen LogP contribution in [-0.4, -0.2) is 23.7 Å². The number of aromatic carboxylic acids is 1. The molecule has 1 aliphatic rings. The van der Waals surface area contributed by atoms with Gasteiger partial charge in [-0.15, -0.1) is 0 Å². The molecule has 1 aromatic carbocycles. The molecule has 1 atom stereocenters. The normalized spacial score (nSPS) is 20.8. The quantitative estimate of drug-likeness (QED) is 0.831. The van der Waals surface area contributed by atoms with E-state index in [2.05, 4.69) is 11.8 Å². The largest absolute Gasteiger partial charge is 0.478 e. The Morgan fingerprint density at radius 2 is 2.12 bits per heavy atom. The molecule has 1 saturated heterocycles. The van der Waals surface area contributed by atoms with Crippen molar-refractivity contribution >= 4 is 11.7 Å². The number of rotatable bonds is 2. The number of para-hydroxylation sites is 1. The Kier molecular flexibility index (Phi) is 3.13. The molecule has 2 rings (SSSR count). The summed E-state index contributed by atoms with van der Waals surface area (Å²) in [6.45, 7) is 3.13. The molecule has 1 aliphatic heterocycles. The highest BCUT2D eigenvalue weighted by Gasteiger charge is 2.22. The van der Waals surface area contributed by atoms with Crippen LogP contribution in [0.3, 0.4) is 0 Å². The lowest BCUT2D eigenvalue weighted by atomic mass is 10.0. The van der Waals surface area contributed by atoms with Gasteiger partial charge in [-0.3, -0.25) is 0 Å². The highest BCUT2D eigenvalue weighted by molar-refractivity contribution is 5.94. The summed E-state index contributed by atoms with van der Waals surface area (Å²) in [6.07, 6.45) is 3.54. The minimum atomic E-state index is -0.839. The maximum atomic E-state index is 11.1. The van der Waals surface area contributed by atoms with Gasteiger partial charge < -0.3 is 10.0 Å². The molecule has 86 valence electrons. The lowest BCUT2D eigenvalue weighted by molar-refractivity contribution is 0.0697. The monoisotopic (exact) mass is 219 g/mol. The van der Waals surface area contributed by atoms with Gasteiger partial charge in [0.25, 0.3) is 0 Å². The van der Waals surface area contributed by atoms with Gasteiger partial charge >= 0.3 is 5.97 Å². The predicted molar refractivity (Wildman–Crippen MR) is 64.1 cm³/mol. The van der Waals surface area contributed by atoms with Crippen LogP contribution in [0.1, 0.15) is 36.5 Å². The third kappa shape index (κ3) is 2.03. The summed E-state index contributed by atoms with van der Waals surface area (Å²) in [7, 11) is 0. The Morgan fingerprint density at radius 3 is 2.81 bits per heavy atom. The Balaban J connectivity index is 2.34. The van der Waals surface area contributed by atoms with Gasteiger partial charge in [-0.05, 0) is 38.3 Å². The third-order valence-electron chi connectivity index (χ3n) is 3.25. The van der Waals surface area contributed by atoms with Crippen LogP contribution in [0, 0.1) is 0 Å². The molecular formula is C13H17NO2. The summed E-state index contributed by atoms with van der Waals surface area (Å²) in [4.78, 5) is 13.4. The molecule has 3 heteroatoms. The van der Waals surface area contributed by atoms with Crippen LogP contribution in [0.2, 0.25) is 0 Å². The predicted octanol–water partition coefficient (Wildman–Crippen LogP) is 2.76. The maximum Gasteiger partial charge on any atom is 0.337 e. The van der Waals surface area contributed by atoms with Crippen LogP contribution in [-0.2, 0) is 0 Å². The van der Waals surface area contributed by atoms with Gasteiger partial charge in [0.05, 0.1) is 11.3 Å². The second-order valence-corrected chi connectivity index (χ2v) is 4.36. The zero-order valence-corrected chi connectivity index (χ0v) is 9.52. The molecule has 0 aliphatic carbocycles. The molecule has 0 saturated carbocycles. The Bertz CT molecular complexity index is 389. The van der Waals surface area contributed by atoms with Crippen molar-refractivity contribution in [3.05, 3.63) is 29.8 Å². The SMILES string of the molecule is CC1CCCCN1c1ccccc1C(=O)O. The first-order valence-corrected chi connectivity index (χ1v) is 5.79. The molecule has 0 radical (unpaired) electrons. The Hall–Kier alpha value is -1.51. The number of nitrogens with zero attached hydrogens (tertiary/aromatic N) is 1. The number of hydrogen-bond donors (Lipinski definition) is 1. The second-order valence-electron chi connectivity index (χ2n) is 4.36. The fourth-order valence-corrected chi connectivity index (χ4v) is 2.36. The zero-order chi connectivity index (χ0) is 11.5. The molecule has 1 heterocycles. The fourth-order valence-electron chi connectivity index (χ4n) is 2.36. The van der Waals surface area contributed by atoms with Crippen molar-refractivity contribution in [1.82, 2.24) is 0 Å². The summed E-state index contributed by atoms with van der Waals surface area (Å²) >= 11 is 0. The van der Waals surface area contributed by atoms with Gasteiger partial charge in [0.2, 0.25) is 0 Å². The summed E-state index contributed by atoms with van der Waals surface area (Å²) in [5.74, 6) is -0.839. The highest BCUT2D eigenvalue weighted by atomic mass is 16.4. The lowest BCUT2D eigenvalue weighted by Crippen LogP contribution is -2.38. The molecule has 0 spiro atoms. The molecule has 0 amide bonds. The molecule has 1 aromatic rings. The molecule has 1 fully saturated rings. The van der Waals surface area contributed by atoms with Crippen molar-refractivity contribution in [1.29, 1.82) is 0 Å². The summed E-state index contributed by atoms with van der Waals surface area (Å²) < 4.78 is 0. The molecule has 0 bridgehead atoms. The van der Waals surface area contributed by atoms with Crippen molar-refractivity contribution in [3.63, 3.8) is 0 Å². The van der Waals surface area contributed by atoms with Gasteiger partial charge in [0.1, 0.15) is 0 Å². The average molecular weight is 219 g/mol. The van der Waals surface area contributed by atoms with Crippen LogP contribution in [0.15, 0.2) is 24.3 Å². The molecule has 1 unspecified atom stereocenters. The smallest absolute Gasteiger partial charge is 0.337 e. The average Bonchev–Trinajstić information content (AvgIpc) is 2.29. The molecule has 1 N–H and O–H groups in total. The van der Waals surface area contributed by atoms with E-state index in [1.54, 1.807) is 12.1 Å². The number of piperidine rings is 1. The van der Waals surface area contributed by atoms with Crippen LogP contribution >= 0.6 is 0 Å². The second kappa shape index (κ2) is 4.56. The molecule has 3 nitrogen and oxygen atoms in total. The van der Waals surface area contributed by atoms with Crippen molar-refractivity contribution in [2.24, 2.45) is 0 Å². The number of carboxylic acid groups (broad SMARTS) is 1. The van der Waals surface area contributed by atoms with Gasteiger partial charge in [-0.1, -0.05) is 12.1 Å². The topological polar surface area (TPSA) is 40.5 Å². The molecular weight excluding hydrogens is 202 g/mol. The van der Waals surface area contributed by atoms with Crippen molar-refractivity contribution in [2.75, 3.05) is 11.4 Å². The molecule has 16 heavy (non-hydrogen) atoms. The first-order chi connectivity index (χ1) is 7.70. The summed E-state index contributed by atoms with van der Waals surface area (Å²) in [5, 5.41) is 9.16. The standard InChI is InChI=1S/C13H17NO2/c1-10-6-4-5-9-14(10)12-8-3-2-7-11(12)13(15)16/h2-3,7-8,10H,4-6,9H2,1H3,(H,15,16). The number of anilines is 1. The first-order valence-electron chi connectivity index (χ1n) is 5.79.